The van der Waals surface area contributed by atoms with Crippen LogP contribution in [0.1, 0.15) is 11.1 Å². The number of rotatable bonds is 5. The van der Waals surface area contributed by atoms with Crippen LogP contribution >= 0.6 is 23.4 Å². The minimum absolute atomic E-state index is 0.00709. The third-order valence-electron chi connectivity index (χ3n) is 2.75. The largest absolute Gasteiger partial charge is 0.325 e. The van der Waals surface area contributed by atoms with E-state index in [9.17, 15) is 4.79 Å². The molecule has 0 bridgehead atoms. The first-order chi connectivity index (χ1) is 9.65. The van der Waals surface area contributed by atoms with Gasteiger partial charge in [-0.15, -0.1) is 11.8 Å². The smallest absolute Gasteiger partial charge is 0.234 e. The summed E-state index contributed by atoms with van der Waals surface area (Å²) < 4.78 is 0. The fourth-order valence-corrected chi connectivity index (χ4v) is 2.90. The van der Waals surface area contributed by atoms with Crippen molar-refractivity contribution in [2.45, 2.75) is 12.7 Å². The second-order valence-corrected chi connectivity index (χ2v) is 5.89. The molecule has 0 radical (unpaired) electrons. The molecule has 104 valence electrons. The minimum atomic E-state index is 0.00709. The van der Waals surface area contributed by atoms with Crippen LogP contribution in [0, 0.1) is 6.92 Å². The second-order valence-electron chi connectivity index (χ2n) is 4.50. The summed E-state index contributed by atoms with van der Waals surface area (Å²) in [7, 11) is 0. The molecule has 2 nitrogen and oxygen atoms in total. The molecule has 0 saturated carbocycles. The van der Waals surface area contributed by atoms with Gasteiger partial charge in [0, 0.05) is 16.5 Å². The maximum atomic E-state index is 11.8. The van der Waals surface area contributed by atoms with E-state index in [1.807, 2.05) is 55.5 Å². The SMILES string of the molecule is Cc1cccc(NC(=O)CSCc2ccccc2Cl)c1. The van der Waals surface area contributed by atoms with Gasteiger partial charge in [0.25, 0.3) is 0 Å². The van der Waals surface area contributed by atoms with Gasteiger partial charge in [-0.05, 0) is 36.2 Å². The van der Waals surface area contributed by atoms with Crippen LogP contribution in [0.15, 0.2) is 48.5 Å². The van der Waals surface area contributed by atoms with Crippen LogP contribution in [0.2, 0.25) is 5.02 Å². The number of benzene rings is 2. The predicted octanol–water partition coefficient (Wildman–Crippen LogP) is 4.52. The first-order valence-electron chi connectivity index (χ1n) is 6.33. The van der Waals surface area contributed by atoms with Crippen molar-refractivity contribution in [1.29, 1.82) is 0 Å². The molecule has 0 aromatic heterocycles. The topological polar surface area (TPSA) is 29.1 Å². The van der Waals surface area contributed by atoms with Gasteiger partial charge in [0.15, 0.2) is 0 Å². The highest BCUT2D eigenvalue weighted by Crippen LogP contribution is 2.20. The van der Waals surface area contributed by atoms with E-state index in [0.717, 1.165) is 27.6 Å². The standard InChI is InChI=1S/C16H16ClNOS/c1-12-5-4-7-14(9-12)18-16(19)11-20-10-13-6-2-3-8-15(13)17/h2-9H,10-11H2,1H3,(H,18,19). The molecular weight excluding hydrogens is 290 g/mol. The van der Waals surface area contributed by atoms with Gasteiger partial charge in [-0.3, -0.25) is 4.79 Å². The molecule has 0 spiro atoms. The molecule has 0 aliphatic rings. The third kappa shape index (κ3) is 4.58. The Hall–Kier alpha value is -1.45. The van der Waals surface area contributed by atoms with Gasteiger partial charge in [-0.1, -0.05) is 41.9 Å². The van der Waals surface area contributed by atoms with E-state index in [-0.39, 0.29) is 5.91 Å². The molecule has 1 N–H and O–H groups in total. The van der Waals surface area contributed by atoms with Crippen LogP contribution in [0.4, 0.5) is 5.69 Å². The van der Waals surface area contributed by atoms with Gasteiger partial charge in [-0.2, -0.15) is 0 Å². The summed E-state index contributed by atoms with van der Waals surface area (Å²) >= 11 is 7.63. The lowest BCUT2D eigenvalue weighted by atomic mass is 10.2. The highest BCUT2D eigenvalue weighted by atomic mass is 35.5. The Labute approximate surface area is 128 Å². The number of aryl methyl sites for hydroxylation is 1. The summed E-state index contributed by atoms with van der Waals surface area (Å²) in [5, 5.41) is 3.64. The molecule has 20 heavy (non-hydrogen) atoms. The predicted molar refractivity (Wildman–Crippen MR) is 87.4 cm³/mol. The molecule has 0 aliphatic heterocycles. The lowest BCUT2D eigenvalue weighted by Gasteiger charge is -2.06. The molecule has 0 atom stereocenters. The Morgan fingerprint density at radius 1 is 1.20 bits per heavy atom. The highest BCUT2D eigenvalue weighted by molar-refractivity contribution is 7.99. The van der Waals surface area contributed by atoms with E-state index in [2.05, 4.69) is 5.32 Å². The summed E-state index contributed by atoms with van der Waals surface area (Å²) in [4.78, 5) is 11.8. The molecule has 0 fully saturated rings. The van der Waals surface area contributed by atoms with Gasteiger partial charge in [0.05, 0.1) is 5.75 Å². The summed E-state index contributed by atoms with van der Waals surface area (Å²) in [6.45, 7) is 2.00. The molecule has 1 amide bonds. The van der Waals surface area contributed by atoms with Crippen molar-refractivity contribution in [2.75, 3.05) is 11.1 Å². The van der Waals surface area contributed by atoms with Crippen molar-refractivity contribution in [3.05, 3.63) is 64.7 Å². The second kappa shape index (κ2) is 7.36. The maximum Gasteiger partial charge on any atom is 0.234 e. The zero-order valence-corrected chi connectivity index (χ0v) is 12.8. The Kier molecular flexibility index (Phi) is 5.50. The number of hydrogen-bond acceptors (Lipinski definition) is 2. The molecule has 2 aromatic rings. The lowest BCUT2D eigenvalue weighted by molar-refractivity contribution is -0.113. The van der Waals surface area contributed by atoms with Crippen LogP contribution in [0.5, 0.6) is 0 Å². The average Bonchev–Trinajstić information content (AvgIpc) is 2.41. The Balaban J connectivity index is 1.80. The van der Waals surface area contributed by atoms with Crippen molar-refractivity contribution < 1.29 is 4.79 Å². The molecule has 0 saturated heterocycles. The number of amides is 1. The van der Waals surface area contributed by atoms with Gasteiger partial charge < -0.3 is 5.32 Å². The number of thioether (sulfide) groups is 1. The fraction of sp³-hybridized carbons (Fsp3) is 0.188. The van der Waals surface area contributed by atoms with Crippen LogP contribution < -0.4 is 5.32 Å². The van der Waals surface area contributed by atoms with Gasteiger partial charge in [-0.25, -0.2) is 0 Å². The Morgan fingerprint density at radius 2 is 2.00 bits per heavy atom. The molecule has 0 heterocycles. The van der Waals surface area contributed by atoms with Gasteiger partial charge in [0.1, 0.15) is 0 Å². The quantitative estimate of drug-likeness (QED) is 0.880. The molecule has 4 heteroatoms. The first kappa shape index (κ1) is 14.9. The number of halogens is 1. The van der Waals surface area contributed by atoms with E-state index < -0.39 is 0 Å². The molecular formula is C16H16ClNOS. The van der Waals surface area contributed by atoms with Crippen molar-refractivity contribution in [3.63, 3.8) is 0 Å². The normalized spacial score (nSPS) is 10.3. The highest BCUT2D eigenvalue weighted by Gasteiger charge is 2.04. The Bertz CT molecular complexity index is 601. The number of carbonyl (C=O) groups excluding carboxylic acids is 1. The maximum absolute atomic E-state index is 11.8. The van der Waals surface area contributed by atoms with Crippen molar-refractivity contribution in [1.82, 2.24) is 0 Å². The van der Waals surface area contributed by atoms with Crippen LogP contribution in [0.25, 0.3) is 0 Å². The molecule has 0 unspecified atom stereocenters. The zero-order valence-electron chi connectivity index (χ0n) is 11.2. The minimum Gasteiger partial charge on any atom is -0.325 e. The Morgan fingerprint density at radius 3 is 2.75 bits per heavy atom. The third-order valence-corrected chi connectivity index (χ3v) is 4.10. The summed E-state index contributed by atoms with van der Waals surface area (Å²) in [5.41, 5.74) is 3.03. The summed E-state index contributed by atoms with van der Waals surface area (Å²) in [6, 6.07) is 15.5. The number of nitrogens with one attached hydrogen (secondary N) is 1. The van der Waals surface area contributed by atoms with Crippen molar-refractivity contribution >= 4 is 35.0 Å². The van der Waals surface area contributed by atoms with Gasteiger partial charge in [0.2, 0.25) is 5.91 Å². The van der Waals surface area contributed by atoms with Crippen molar-refractivity contribution in [3.8, 4) is 0 Å². The van der Waals surface area contributed by atoms with Gasteiger partial charge >= 0.3 is 0 Å². The zero-order chi connectivity index (χ0) is 14.4. The summed E-state index contributed by atoms with van der Waals surface area (Å²) in [5.74, 6) is 1.16. The monoisotopic (exact) mass is 305 g/mol. The number of carbonyl (C=O) groups is 1. The van der Waals surface area contributed by atoms with E-state index in [4.69, 9.17) is 11.6 Å². The van der Waals surface area contributed by atoms with E-state index >= 15 is 0 Å². The van der Waals surface area contributed by atoms with E-state index in [1.165, 1.54) is 0 Å². The number of hydrogen-bond donors (Lipinski definition) is 1. The molecule has 0 aliphatic carbocycles. The van der Waals surface area contributed by atoms with E-state index in [1.54, 1.807) is 11.8 Å². The van der Waals surface area contributed by atoms with Crippen LogP contribution in [-0.4, -0.2) is 11.7 Å². The molecule has 2 aromatic carbocycles. The van der Waals surface area contributed by atoms with Crippen molar-refractivity contribution in [2.24, 2.45) is 0 Å². The number of anilines is 1. The lowest BCUT2D eigenvalue weighted by Crippen LogP contribution is -2.14. The summed E-state index contributed by atoms with van der Waals surface area (Å²) in [6.07, 6.45) is 0. The van der Waals surface area contributed by atoms with E-state index in [0.29, 0.717) is 5.75 Å². The fourth-order valence-electron chi connectivity index (χ4n) is 1.79. The van der Waals surface area contributed by atoms with Crippen LogP contribution in [-0.2, 0) is 10.5 Å². The molecule has 2 rings (SSSR count). The average molecular weight is 306 g/mol. The van der Waals surface area contributed by atoms with Crippen LogP contribution in [0.3, 0.4) is 0 Å². The first-order valence-corrected chi connectivity index (χ1v) is 7.86.